The largest absolute Gasteiger partial charge is 0.369 e. The maximum Gasteiger partial charge on any atom is 0.229 e. The summed E-state index contributed by atoms with van der Waals surface area (Å²) in [5, 5.41) is 6.71. The molecule has 0 aromatic heterocycles. The third-order valence-corrected chi connectivity index (χ3v) is 5.12. The van der Waals surface area contributed by atoms with Gasteiger partial charge in [0.1, 0.15) is 0 Å². The number of amides is 2. The zero-order valence-electron chi connectivity index (χ0n) is 16.0. The number of carbonyl (C=O) groups excluding carboxylic acids is 2. The summed E-state index contributed by atoms with van der Waals surface area (Å²) in [6.07, 6.45) is 3.82. The molecule has 1 unspecified atom stereocenters. The Morgan fingerprint density at radius 3 is 2.59 bits per heavy atom. The molecule has 2 saturated heterocycles. The number of anilines is 1. The number of imide groups is 1. The van der Waals surface area contributed by atoms with Gasteiger partial charge in [0.2, 0.25) is 11.8 Å². The van der Waals surface area contributed by atoms with E-state index in [2.05, 4.69) is 44.8 Å². The van der Waals surface area contributed by atoms with Gasteiger partial charge in [0.25, 0.3) is 0 Å². The molecule has 1 aromatic carbocycles. The number of para-hydroxylation sites is 1. The number of hydrogen-bond donors (Lipinski definition) is 2. The SMILES string of the molecule is CN=C(NCCN1C(=O)CCCC1=O)NC1CCCN(c2ccccc2)C1. The number of likely N-dealkylation sites (tertiary alicyclic amines) is 1. The summed E-state index contributed by atoms with van der Waals surface area (Å²) in [4.78, 5) is 31.8. The van der Waals surface area contributed by atoms with Gasteiger partial charge >= 0.3 is 0 Å². The molecule has 2 aliphatic rings. The highest BCUT2D eigenvalue weighted by atomic mass is 16.2. The van der Waals surface area contributed by atoms with Crippen molar-refractivity contribution in [2.45, 2.75) is 38.1 Å². The molecule has 7 nitrogen and oxygen atoms in total. The van der Waals surface area contributed by atoms with E-state index in [1.165, 1.54) is 10.6 Å². The number of aliphatic imine (C=N–C) groups is 1. The molecule has 7 heteroatoms. The number of carbonyl (C=O) groups is 2. The Balaban J connectivity index is 1.47. The highest BCUT2D eigenvalue weighted by Gasteiger charge is 2.25. The summed E-state index contributed by atoms with van der Waals surface area (Å²) < 4.78 is 0. The van der Waals surface area contributed by atoms with Crippen molar-refractivity contribution in [2.24, 2.45) is 4.99 Å². The van der Waals surface area contributed by atoms with Gasteiger partial charge in [-0.3, -0.25) is 19.5 Å². The van der Waals surface area contributed by atoms with E-state index in [0.29, 0.717) is 44.4 Å². The number of piperidine rings is 2. The van der Waals surface area contributed by atoms with E-state index in [1.807, 2.05) is 6.07 Å². The fourth-order valence-corrected chi connectivity index (χ4v) is 3.69. The van der Waals surface area contributed by atoms with Crippen molar-refractivity contribution in [1.29, 1.82) is 0 Å². The highest BCUT2D eigenvalue weighted by molar-refractivity contribution is 5.97. The second kappa shape index (κ2) is 9.39. The van der Waals surface area contributed by atoms with Crippen molar-refractivity contribution in [3.05, 3.63) is 30.3 Å². The van der Waals surface area contributed by atoms with Crippen molar-refractivity contribution in [3.8, 4) is 0 Å². The topological polar surface area (TPSA) is 77.0 Å². The van der Waals surface area contributed by atoms with Gasteiger partial charge in [-0.15, -0.1) is 0 Å². The zero-order chi connectivity index (χ0) is 19.1. The molecular weight excluding hydrogens is 342 g/mol. The Morgan fingerprint density at radius 1 is 1.15 bits per heavy atom. The van der Waals surface area contributed by atoms with Crippen molar-refractivity contribution < 1.29 is 9.59 Å². The first-order valence-corrected chi connectivity index (χ1v) is 9.78. The molecule has 27 heavy (non-hydrogen) atoms. The predicted molar refractivity (Wildman–Crippen MR) is 107 cm³/mol. The van der Waals surface area contributed by atoms with Gasteiger partial charge in [-0.1, -0.05) is 18.2 Å². The maximum atomic E-state index is 11.9. The van der Waals surface area contributed by atoms with Crippen LogP contribution in [-0.2, 0) is 9.59 Å². The molecule has 0 bridgehead atoms. The first-order chi connectivity index (χ1) is 13.2. The predicted octanol–water partition coefficient (Wildman–Crippen LogP) is 1.36. The highest BCUT2D eigenvalue weighted by Crippen LogP contribution is 2.19. The van der Waals surface area contributed by atoms with E-state index >= 15 is 0 Å². The minimum absolute atomic E-state index is 0.0678. The van der Waals surface area contributed by atoms with Crippen molar-refractivity contribution in [1.82, 2.24) is 15.5 Å². The van der Waals surface area contributed by atoms with Crippen LogP contribution in [0, 0.1) is 0 Å². The van der Waals surface area contributed by atoms with Crippen LogP contribution in [0.1, 0.15) is 32.1 Å². The van der Waals surface area contributed by atoms with E-state index in [9.17, 15) is 9.59 Å². The average Bonchev–Trinajstić information content (AvgIpc) is 2.70. The molecule has 2 aliphatic heterocycles. The molecule has 2 amide bonds. The van der Waals surface area contributed by atoms with E-state index in [1.54, 1.807) is 7.05 Å². The van der Waals surface area contributed by atoms with E-state index in [4.69, 9.17) is 0 Å². The molecular formula is C20H29N5O2. The molecule has 1 atom stereocenters. The normalized spacial score (nSPS) is 21.4. The third kappa shape index (κ3) is 5.21. The van der Waals surface area contributed by atoms with Gasteiger partial charge in [-0.05, 0) is 31.4 Å². The van der Waals surface area contributed by atoms with Gasteiger partial charge in [0, 0.05) is 57.8 Å². The zero-order valence-corrected chi connectivity index (χ0v) is 16.0. The minimum Gasteiger partial charge on any atom is -0.369 e. The smallest absolute Gasteiger partial charge is 0.229 e. The molecule has 2 fully saturated rings. The molecule has 0 radical (unpaired) electrons. The molecule has 3 rings (SSSR count). The molecule has 2 heterocycles. The van der Waals surface area contributed by atoms with Crippen LogP contribution >= 0.6 is 0 Å². The quantitative estimate of drug-likeness (QED) is 0.464. The maximum absolute atomic E-state index is 11.9. The summed E-state index contributed by atoms with van der Waals surface area (Å²) in [5.74, 6) is 0.579. The van der Waals surface area contributed by atoms with Crippen LogP contribution in [0.25, 0.3) is 0 Å². The Labute approximate surface area is 160 Å². The van der Waals surface area contributed by atoms with Crippen molar-refractivity contribution >= 4 is 23.5 Å². The summed E-state index contributed by atoms with van der Waals surface area (Å²) in [6, 6.07) is 10.8. The Bertz CT molecular complexity index is 660. The van der Waals surface area contributed by atoms with Gasteiger partial charge < -0.3 is 15.5 Å². The van der Waals surface area contributed by atoms with Crippen LogP contribution in [0.3, 0.4) is 0 Å². The Hall–Kier alpha value is -2.57. The lowest BCUT2D eigenvalue weighted by molar-refractivity contribution is -0.147. The van der Waals surface area contributed by atoms with Crippen molar-refractivity contribution in [2.75, 3.05) is 38.1 Å². The third-order valence-electron chi connectivity index (χ3n) is 5.12. The Morgan fingerprint density at radius 2 is 1.89 bits per heavy atom. The van der Waals surface area contributed by atoms with Gasteiger partial charge in [-0.2, -0.15) is 0 Å². The number of hydrogen-bond acceptors (Lipinski definition) is 4. The van der Waals surface area contributed by atoms with E-state index in [0.717, 1.165) is 25.9 Å². The molecule has 2 N–H and O–H groups in total. The molecule has 0 aliphatic carbocycles. The van der Waals surface area contributed by atoms with Crippen LogP contribution in [0.5, 0.6) is 0 Å². The van der Waals surface area contributed by atoms with E-state index in [-0.39, 0.29) is 11.8 Å². The van der Waals surface area contributed by atoms with Crippen LogP contribution in [0.4, 0.5) is 5.69 Å². The molecule has 146 valence electrons. The fraction of sp³-hybridized carbons (Fsp3) is 0.550. The summed E-state index contributed by atoms with van der Waals surface area (Å²) in [7, 11) is 1.74. The van der Waals surface area contributed by atoms with Gasteiger partial charge in [-0.25, -0.2) is 0 Å². The van der Waals surface area contributed by atoms with E-state index < -0.39 is 0 Å². The lowest BCUT2D eigenvalue weighted by atomic mass is 10.1. The van der Waals surface area contributed by atoms with Crippen LogP contribution < -0.4 is 15.5 Å². The average molecular weight is 371 g/mol. The standard InChI is InChI=1S/C20H29N5O2/c1-21-20(22-12-14-25-18(26)10-5-11-19(25)27)23-16-7-6-13-24(15-16)17-8-3-2-4-9-17/h2-4,8-9,16H,5-7,10-15H2,1H3,(H2,21,22,23). The summed E-state index contributed by atoms with van der Waals surface area (Å²) in [5.41, 5.74) is 1.24. The monoisotopic (exact) mass is 371 g/mol. The van der Waals surface area contributed by atoms with Crippen LogP contribution in [0.15, 0.2) is 35.3 Å². The van der Waals surface area contributed by atoms with Crippen LogP contribution in [0.2, 0.25) is 0 Å². The van der Waals surface area contributed by atoms with Gasteiger partial charge in [0.05, 0.1) is 0 Å². The summed E-state index contributed by atoms with van der Waals surface area (Å²) in [6.45, 7) is 2.88. The summed E-state index contributed by atoms with van der Waals surface area (Å²) >= 11 is 0. The number of rotatable bonds is 5. The number of guanidine groups is 1. The Kier molecular flexibility index (Phi) is 6.68. The number of nitrogens with zero attached hydrogens (tertiary/aromatic N) is 3. The van der Waals surface area contributed by atoms with Gasteiger partial charge in [0.15, 0.2) is 5.96 Å². The first kappa shape index (κ1) is 19.2. The lowest BCUT2D eigenvalue weighted by Gasteiger charge is -2.35. The molecule has 1 aromatic rings. The van der Waals surface area contributed by atoms with Crippen LogP contribution in [-0.4, -0.2) is 61.9 Å². The molecule has 0 spiro atoms. The lowest BCUT2D eigenvalue weighted by Crippen LogP contribution is -2.52. The number of benzene rings is 1. The second-order valence-electron chi connectivity index (χ2n) is 7.06. The minimum atomic E-state index is -0.0678. The second-order valence-corrected chi connectivity index (χ2v) is 7.06. The van der Waals surface area contributed by atoms with Crippen molar-refractivity contribution in [3.63, 3.8) is 0 Å². The number of nitrogens with one attached hydrogen (secondary N) is 2. The first-order valence-electron chi connectivity index (χ1n) is 9.78. The fourth-order valence-electron chi connectivity index (χ4n) is 3.69. The molecule has 0 saturated carbocycles.